The quantitative estimate of drug-likeness (QED) is 0.428. The van der Waals surface area contributed by atoms with Gasteiger partial charge in [0.15, 0.2) is 6.54 Å². The van der Waals surface area contributed by atoms with Gasteiger partial charge in [0, 0.05) is 30.4 Å². The second kappa shape index (κ2) is 9.97. The second-order valence-electron chi connectivity index (χ2n) is 6.68. The SMILES string of the molecule is CCN(CC)C(=O)C[N+](C)(Cc1ccccc1)c1cc(C)nc(C)n1.[I-]. The van der Waals surface area contributed by atoms with Gasteiger partial charge in [-0.3, -0.25) is 9.28 Å². The molecule has 2 rings (SSSR count). The van der Waals surface area contributed by atoms with Gasteiger partial charge < -0.3 is 28.9 Å². The second-order valence-corrected chi connectivity index (χ2v) is 6.68. The van der Waals surface area contributed by atoms with Crippen LogP contribution < -0.4 is 28.5 Å². The first kappa shape index (κ1) is 22.5. The Morgan fingerprint density at radius 1 is 1.08 bits per heavy atom. The highest BCUT2D eigenvalue weighted by molar-refractivity contribution is 5.80. The van der Waals surface area contributed by atoms with Crippen molar-refractivity contribution in [2.45, 2.75) is 34.2 Å². The van der Waals surface area contributed by atoms with E-state index in [0.717, 1.165) is 30.4 Å². The Morgan fingerprint density at radius 2 is 1.69 bits per heavy atom. The van der Waals surface area contributed by atoms with Crippen LogP contribution in [0.5, 0.6) is 0 Å². The zero-order chi connectivity index (χ0) is 18.4. The van der Waals surface area contributed by atoms with Crippen LogP contribution in [-0.4, -0.2) is 47.5 Å². The van der Waals surface area contributed by atoms with E-state index in [4.69, 9.17) is 0 Å². The van der Waals surface area contributed by atoms with Gasteiger partial charge in [-0.2, -0.15) is 4.98 Å². The van der Waals surface area contributed by atoms with Gasteiger partial charge in [0.1, 0.15) is 12.4 Å². The number of carbonyl (C=O) groups excluding carboxylic acids is 1. The molecule has 142 valence electrons. The van der Waals surface area contributed by atoms with Crippen molar-refractivity contribution < 1.29 is 28.8 Å². The number of aryl methyl sites for hydroxylation is 2. The summed E-state index contributed by atoms with van der Waals surface area (Å²) in [6, 6.07) is 12.3. The number of benzene rings is 1. The third kappa shape index (κ3) is 5.74. The number of aromatic nitrogens is 2. The number of halogens is 1. The zero-order valence-corrected chi connectivity index (χ0v) is 18.5. The molecule has 0 saturated heterocycles. The van der Waals surface area contributed by atoms with E-state index in [9.17, 15) is 4.79 Å². The van der Waals surface area contributed by atoms with Crippen molar-refractivity contribution in [3.63, 3.8) is 0 Å². The molecule has 0 N–H and O–H groups in total. The molecule has 0 radical (unpaired) electrons. The van der Waals surface area contributed by atoms with Crippen LogP contribution in [0, 0.1) is 13.8 Å². The molecule has 1 amide bonds. The minimum absolute atomic E-state index is 0. The highest BCUT2D eigenvalue weighted by atomic mass is 127. The molecule has 2 aromatic rings. The van der Waals surface area contributed by atoms with Crippen LogP contribution in [0.25, 0.3) is 0 Å². The molecule has 1 unspecified atom stereocenters. The van der Waals surface area contributed by atoms with Gasteiger partial charge in [-0.05, 0) is 27.7 Å². The van der Waals surface area contributed by atoms with Crippen LogP contribution in [0.2, 0.25) is 0 Å². The molecule has 1 aromatic heterocycles. The number of likely N-dealkylation sites (N-methyl/N-ethyl adjacent to an activating group) is 2. The molecule has 0 bridgehead atoms. The van der Waals surface area contributed by atoms with Crippen LogP contribution in [0.1, 0.15) is 30.9 Å². The molecule has 5 nitrogen and oxygen atoms in total. The fourth-order valence-corrected chi connectivity index (χ4v) is 3.15. The van der Waals surface area contributed by atoms with Crippen LogP contribution in [0.3, 0.4) is 0 Å². The molecule has 0 aliphatic carbocycles. The molecule has 0 fully saturated rings. The maximum atomic E-state index is 12.8. The van der Waals surface area contributed by atoms with E-state index < -0.39 is 0 Å². The molecule has 0 aliphatic heterocycles. The van der Waals surface area contributed by atoms with E-state index in [-0.39, 0.29) is 29.9 Å². The van der Waals surface area contributed by atoms with Gasteiger partial charge in [-0.25, -0.2) is 4.98 Å². The molecule has 0 spiro atoms. The van der Waals surface area contributed by atoms with E-state index in [2.05, 4.69) is 29.1 Å². The normalized spacial score (nSPS) is 12.8. The van der Waals surface area contributed by atoms with E-state index in [1.165, 1.54) is 5.56 Å². The van der Waals surface area contributed by atoms with Crippen molar-refractivity contribution in [1.29, 1.82) is 0 Å². The zero-order valence-electron chi connectivity index (χ0n) is 16.4. The average Bonchev–Trinajstić information content (AvgIpc) is 2.56. The number of quaternary nitrogens is 1. The van der Waals surface area contributed by atoms with Gasteiger partial charge in [-0.1, -0.05) is 30.3 Å². The minimum atomic E-state index is 0. The maximum absolute atomic E-state index is 12.8. The summed E-state index contributed by atoms with van der Waals surface area (Å²) >= 11 is 0. The van der Waals surface area contributed by atoms with E-state index in [1.807, 2.05) is 56.9 Å². The summed E-state index contributed by atoms with van der Waals surface area (Å²) in [6.45, 7) is 10.4. The summed E-state index contributed by atoms with van der Waals surface area (Å²) in [5, 5.41) is 0. The predicted octanol–water partition coefficient (Wildman–Crippen LogP) is 0.103. The average molecular weight is 468 g/mol. The van der Waals surface area contributed by atoms with Crippen molar-refractivity contribution in [2.75, 3.05) is 26.7 Å². The van der Waals surface area contributed by atoms with Crippen molar-refractivity contribution in [2.24, 2.45) is 0 Å². The monoisotopic (exact) mass is 468 g/mol. The summed E-state index contributed by atoms with van der Waals surface area (Å²) in [5.74, 6) is 1.77. The predicted molar refractivity (Wildman–Crippen MR) is 102 cm³/mol. The number of hydrogen-bond acceptors (Lipinski definition) is 3. The van der Waals surface area contributed by atoms with Gasteiger partial charge >= 0.3 is 0 Å². The highest BCUT2D eigenvalue weighted by Crippen LogP contribution is 2.23. The molecule has 1 aromatic carbocycles. The molecular weight excluding hydrogens is 439 g/mol. The Balaban J connectivity index is 0.00000338. The van der Waals surface area contributed by atoms with Crippen molar-refractivity contribution >= 4 is 11.7 Å². The fraction of sp³-hybridized carbons (Fsp3) is 0.450. The molecule has 6 heteroatoms. The highest BCUT2D eigenvalue weighted by Gasteiger charge is 2.32. The van der Waals surface area contributed by atoms with E-state index in [0.29, 0.717) is 17.6 Å². The first-order chi connectivity index (χ1) is 11.9. The van der Waals surface area contributed by atoms with Crippen LogP contribution in [0.15, 0.2) is 36.4 Å². The van der Waals surface area contributed by atoms with E-state index >= 15 is 0 Å². The molecule has 1 atom stereocenters. The Kier molecular flexibility index (Phi) is 8.62. The number of hydrogen-bond donors (Lipinski definition) is 0. The lowest BCUT2D eigenvalue weighted by atomic mass is 10.1. The summed E-state index contributed by atoms with van der Waals surface area (Å²) in [6.07, 6.45) is 0. The maximum Gasteiger partial charge on any atom is 0.278 e. The Labute approximate surface area is 174 Å². The van der Waals surface area contributed by atoms with Crippen molar-refractivity contribution in [1.82, 2.24) is 19.4 Å². The van der Waals surface area contributed by atoms with Crippen molar-refractivity contribution in [3.8, 4) is 0 Å². The number of rotatable bonds is 7. The van der Waals surface area contributed by atoms with Crippen LogP contribution >= 0.6 is 0 Å². The van der Waals surface area contributed by atoms with Crippen molar-refractivity contribution in [3.05, 3.63) is 53.5 Å². The Morgan fingerprint density at radius 3 is 2.23 bits per heavy atom. The third-order valence-electron chi connectivity index (χ3n) is 4.48. The molecule has 1 heterocycles. The lowest BCUT2D eigenvalue weighted by molar-refractivity contribution is -0.131. The standard InChI is InChI=1S/C20H29N4O.HI/c1-6-23(7-2)20(25)15-24(5,14-18-11-9-8-10-12-18)19-13-16(3)21-17(4)22-19;/h8-13H,6-7,14-15H2,1-5H3;1H/q+1;/p-1. The van der Waals surface area contributed by atoms with Crippen LogP contribution in [0.4, 0.5) is 5.82 Å². The van der Waals surface area contributed by atoms with E-state index in [1.54, 1.807) is 0 Å². The lowest BCUT2D eigenvalue weighted by Crippen LogP contribution is -3.00. The van der Waals surface area contributed by atoms with Gasteiger partial charge in [0.25, 0.3) is 5.91 Å². The molecule has 0 saturated carbocycles. The smallest absolute Gasteiger partial charge is 0.278 e. The molecular formula is C20H29IN4O. The summed E-state index contributed by atoms with van der Waals surface area (Å²) < 4.78 is 0.434. The first-order valence-corrected chi connectivity index (χ1v) is 8.87. The lowest BCUT2D eigenvalue weighted by Gasteiger charge is -2.34. The Hall–Kier alpha value is -1.54. The number of nitrogens with zero attached hydrogens (tertiary/aromatic N) is 4. The van der Waals surface area contributed by atoms with Crippen LogP contribution in [-0.2, 0) is 11.3 Å². The fourth-order valence-electron chi connectivity index (χ4n) is 3.15. The number of amides is 1. The number of carbonyl (C=O) groups is 1. The Bertz CT molecular complexity index is 699. The van der Waals surface area contributed by atoms with Gasteiger partial charge in [0.2, 0.25) is 5.82 Å². The summed E-state index contributed by atoms with van der Waals surface area (Å²) in [7, 11) is 2.08. The topological polar surface area (TPSA) is 46.1 Å². The first-order valence-electron chi connectivity index (χ1n) is 8.87. The summed E-state index contributed by atoms with van der Waals surface area (Å²) in [4.78, 5) is 23.7. The molecule has 26 heavy (non-hydrogen) atoms. The summed E-state index contributed by atoms with van der Waals surface area (Å²) in [5.41, 5.74) is 2.11. The third-order valence-corrected chi connectivity index (χ3v) is 4.48. The molecule has 0 aliphatic rings. The largest absolute Gasteiger partial charge is 1.00 e. The minimum Gasteiger partial charge on any atom is -1.00 e. The van der Waals surface area contributed by atoms with Gasteiger partial charge in [0.05, 0.1) is 7.05 Å². The van der Waals surface area contributed by atoms with Gasteiger partial charge in [-0.15, -0.1) is 0 Å².